The van der Waals surface area contributed by atoms with E-state index >= 15 is 0 Å². The van der Waals surface area contributed by atoms with Crippen molar-refractivity contribution in [1.82, 2.24) is 20.4 Å². The van der Waals surface area contributed by atoms with E-state index in [4.69, 9.17) is 0 Å². The molecule has 2 amide bonds. The Labute approximate surface area is 141 Å². The lowest BCUT2D eigenvalue weighted by molar-refractivity contribution is 0.0670. The molecule has 1 aliphatic heterocycles. The van der Waals surface area contributed by atoms with Gasteiger partial charge in [-0.15, -0.1) is 0 Å². The number of H-pyrrole nitrogens is 1. The van der Waals surface area contributed by atoms with Crippen molar-refractivity contribution in [2.24, 2.45) is 5.92 Å². The second kappa shape index (κ2) is 7.29. The average Bonchev–Trinajstić information content (AvgIpc) is 3.06. The number of amides is 2. The summed E-state index contributed by atoms with van der Waals surface area (Å²) in [6.07, 6.45) is 3.55. The summed E-state index contributed by atoms with van der Waals surface area (Å²) >= 11 is 0. The Balaban J connectivity index is 1.55. The maximum atomic E-state index is 12.6. The predicted octanol–water partition coefficient (Wildman–Crippen LogP) is 2.00. The van der Waals surface area contributed by atoms with Gasteiger partial charge in [-0.05, 0) is 37.8 Å². The predicted molar refractivity (Wildman–Crippen MR) is 90.7 cm³/mol. The SMILES string of the molecule is Cc1[nH]ncc1C(=O)N1CCCC(CNC(=O)c2ccccc2)C1. The molecule has 3 rings (SSSR count). The first kappa shape index (κ1) is 16.2. The number of rotatable bonds is 4. The van der Waals surface area contributed by atoms with Crippen molar-refractivity contribution in [3.8, 4) is 0 Å². The lowest BCUT2D eigenvalue weighted by atomic mass is 9.97. The van der Waals surface area contributed by atoms with Crippen molar-refractivity contribution >= 4 is 11.8 Å². The van der Waals surface area contributed by atoms with Crippen LogP contribution in [0.3, 0.4) is 0 Å². The van der Waals surface area contributed by atoms with Crippen molar-refractivity contribution in [3.05, 3.63) is 53.3 Å². The second-order valence-corrected chi connectivity index (χ2v) is 6.24. The Hall–Kier alpha value is -2.63. The number of aryl methyl sites for hydroxylation is 1. The maximum Gasteiger partial charge on any atom is 0.257 e. The summed E-state index contributed by atoms with van der Waals surface area (Å²) in [6.45, 7) is 3.86. The summed E-state index contributed by atoms with van der Waals surface area (Å²) in [5.74, 6) is 0.229. The minimum atomic E-state index is -0.0651. The maximum absolute atomic E-state index is 12.6. The van der Waals surface area contributed by atoms with E-state index in [1.54, 1.807) is 18.3 Å². The fourth-order valence-corrected chi connectivity index (χ4v) is 3.08. The lowest BCUT2D eigenvalue weighted by Gasteiger charge is -2.32. The minimum absolute atomic E-state index is 0.0142. The van der Waals surface area contributed by atoms with Crippen LogP contribution < -0.4 is 5.32 Å². The molecule has 1 aromatic carbocycles. The highest BCUT2D eigenvalue weighted by molar-refractivity contribution is 5.95. The normalized spacial score (nSPS) is 17.5. The summed E-state index contributed by atoms with van der Waals surface area (Å²) in [5.41, 5.74) is 2.08. The summed E-state index contributed by atoms with van der Waals surface area (Å²) < 4.78 is 0. The van der Waals surface area contributed by atoms with Crippen LogP contribution in [0.4, 0.5) is 0 Å². The molecule has 6 nitrogen and oxygen atoms in total. The van der Waals surface area contributed by atoms with Crippen LogP contribution >= 0.6 is 0 Å². The van der Waals surface area contributed by atoms with Gasteiger partial charge in [-0.1, -0.05) is 18.2 Å². The fraction of sp³-hybridized carbons (Fsp3) is 0.389. The Bertz CT molecular complexity index is 711. The first-order chi connectivity index (χ1) is 11.6. The van der Waals surface area contributed by atoms with E-state index in [1.807, 2.05) is 30.0 Å². The molecule has 24 heavy (non-hydrogen) atoms. The van der Waals surface area contributed by atoms with Gasteiger partial charge in [0.2, 0.25) is 0 Å². The van der Waals surface area contributed by atoms with Crippen molar-refractivity contribution in [2.45, 2.75) is 19.8 Å². The van der Waals surface area contributed by atoms with Crippen LogP contribution in [0, 0.1) is 12.8 Å². The van der Waals surface area contributed by atoms with Crippen molar-refractivity contribution < 1.29 is 9.59 Å². The van der Waals surface area contributed by atoms with Gasteiger partial charge in [0.25, 0.3) is 11.8 Å². The highest BCUT2D eigenvalue weighted by Gasteiger charge is 2.26. The lowest BCUT2D eigenvalue weighted by Crippen LogP contribution is -2.43. The molecule has 1 saturated heterocycles. The van der Waals surface area contributed by atoms with Gasteiger partial charge < -0.3 is 10.2 Å². The largest absolute Gasteiger partial charge is 0.352 e. The van der Waals surface area contributed by atoms with E-state index in [0.717, 1.165) is 25.1 Å². The monoisotopic (exact) mass is 326 g/mol. The topological polar surface area (TPSA) is 78.1 Å². The standard InChI is InChI=1S/C18H22N4O2/c1-13-16(11-20-21-13)18(24)22-9-5-6-14(12-22)10-19-17(23)15-7-3-2-4-8-15/h2-4,7-8,11,14H,5-6,9-10,12H2,1H3,(H,19,23)(H,20,21). The highest BCUT2D eigenvalue weighted by atomic mass is 16.2. The number of hydrogen-bond acceptors (Lipinski definition) is 3. The van der Waals surface area contributed by atoms with Gasteiger partial charge in [0.15, 0.2) is 0 Å². The molecule has 0 radical (unpaired) electrons. The molecule has 1 atom stereocenters. The Morgan fingerprint density at radius 1 is 1.33 bits per heavy atom. The number of carbonyl (C=O) groups is 2. The van der Waals surface area contributed by atoms with Crippen molar-refractivity contribution in [1.29, 1.82) is 0 Å². The molecule has 126 valence electrons. The number of nitrogens with zero attached hydrogens (tertiary/aromatic N) is 2. The van der Waals surface area contributed by atoms with Crippen molar-refractivity contribution in [2.75, 3.05) is 19.6 Å². The second-order valence-electron chi connectivity index (χ2n) is 6.24. The van der Waals surface area contributed by atoms with Crippen LogP contribution in [0.1, 0.15) is 39.3 Å². The summed E-state index contributed by atoms with van der Waals surface area (Å²) in [4.78, 5) is 26.6. The number of likely N-dealkylation sites (tertiary alicyclic amines) is 1. The van der Waals surface area contributed by atoms with Crippen LogP contribution in [-0.2, 0) is 0 Å². The molecule has 2 heterocycles. The van der Waals surface area contributed by atoms with Crippen molar-refractivity contribution in [3.63, 3.8) is 0 Å². The third-order valence-corrected chi connectivity index (χ3v) is 4.45. The molecule has 2 aromatic rings. The average molecular weight is 326 g/mol. The van der Waals surface area contributed by atoms with Crippen LogP contribution in [0.2, 0.25) is 0 Å². The van der Waals surface area contributed by atoms with Crippen LogP contribution in [0.5, 0.6) is 0 Å². The van der Waals surface area contributed by atoms with Gasteiger partial charge in [0.1, 0.15) is 0 Å². The number of hydrogen-bond donors (Lipinski definition) is 2. The Morgan fingerprint density at radius 3 is 2.83 bits per heavy atom. The fourth-order valence-electron chi connectivity index (χ4n) is 3.08. The van der Waals surface area contributed by atoms with Gasteiger partial charge in [0.05, 0.1) is 11.8 Å². The van der Waals surface area contributed by atoms with E-state index in [0.29, 0.717) is 24.2 Å². The number of aromatic nitrogens is 2. The zero-order valence-corrected chi connectivity index (χ0v) is 13.8. The highest BCUT2D eigenvalue weighted by Crippen LogP contribution is 2.19. The molecule has 2 N–H and O–H groups in total. The summed E-state index contributed by atoms with van der Waals surface area (Å²) in [7, 11) is 0. The number of carbonyl (C=O) groups excluding carboxylic acids is 2. The molecule has 0 saturated carbocycles. The third-order valence-electron chi connectivity index (χ3n) is 4.45. The van der Waals surface area contributed by atoms with Gasteiger partial charge in [-0.25, -0.2) is 0 Å². The smallest absolute Gasteiger partial charge is 0.257 e. The van der Waals surface area contributed by atoms with Crippen LogP contribution in [-0.4, -0.2) is 46.5 Å². The Morgan fingerprint density at radius 2 is 2.12 bits per heavy atom. The van der Waals surface area contributed by atoms with Gasteiger partial charge >= 0.3 is 0 Å². The van der Waals surface area contributed by atoms with E-state index in [9.17, 15) is 9.59 Å². The van der Waals surface area contributed by atoms with Crippen LogP contribution in [0.15, 0.2) is 36.5 Å². The molecule has 1 fully saturated rings. The molecule has 1 unspecified atom stereocenters. The first-order valence-corrected chi connectivity index (χ1v) is 8.27. The molecule has 0 spiro atoms. The minimum Gasteiger partial charge on any atom is -0.352 e. The van der Waals surface area contributed by atoms with Gasteiger partial charge in [0, 0.05) is 30.9 Å². The van der Waals surface area contributed by atoms with E-state index in [2.05, 4.69) is 15.5 Å². The molecule has 0 aliphatic carbocycles. The quantitative estimate of drug-likeness (QED) is 0.902. The van der Waals surface area contributed by atoms with E-state index < -0.39 is 0 Å². The molecular weight excluding hydrogens is 304 g/mol. The van der Waals surface area contributed by atoms with Crippen LogP contribution in [0.25, 0.3) is 0 Å². The third kappa shape index (κ3) is 3.64. The number of piperidine rings is 1. The summed E-state index contributed by atoms with van der Waals surface area (Å²) in [5, 5.41) is 9.70. The molecule has 6 heteroatoms. The van der Waals surface area contributed by atoms with E-state index in [1.165, 1.54) is 0 Å². The molecule has 1 aliphatic rings. The number of aromatic amines is 1. The number of nitrogens with one attached hydrogen (secondary N) is 2. The molecular formula is C18H22N4O2. The number of benzene rings is 1. The first-order valence-electron chi connectivity index (χ1n) is 8.27. The van der Waals surface area contributed by atoms with Gasteiger partial charge in [-0.3, -0.25) is 14.7 Å². The molecule has 1 aromatic heterocycles. The summed E-state index contributed by atoms with van der Waals surface area (Å²) in [6, 6.07) is 9.19. The zero-order valence-electron chi connectivity index (χ0n) is 13.8. The zero-order chi connectivity index (χ0) is 16.9. The Kier molecular flexibility index (Phi) is 4.93. The van der Waals surface area contributed by atoms with Gasteiger partial charge in [-0.2, -0.15) is 5.10 Å². The molecule has 0 bridgehead atoms. The van der Waals surface area contributed by atoms with E-state index in [-0.39, 0.29) is 17.7 Å².